The molecule has 3 aromatic heterocycles. The number of aryl methyl sites for hydroxylation is 1. The maximum Gasteiger partial charge on any atom is 0.257 e. The molecular weight excluding hydrogens is 446 g/mol. The Morgan fingerprint density at radius 1 is 1.06 bits per heavy atom. The largest absolute Gasteiger partial charge is 0.490 e. The van der Waals surface area contributed by atoms with Gasteiger partial charge in [0.1, 0.15) is 24.0 Å². The van der Waals surface area contributed by atoms with Crippen molar-refractivity contribution in [3.63, 3.8) is 0 Å². The van der Waals surface area contributed by atoms with Crippen LogP contribution in [0.2, 0.25) is 0 Å². The Labute approximate surface area is 191 Å². The number of rotatable bonds is 6. The third-order valence-electron chi connectivity index (χ3n) is 5.61. The van der Waals surface area contributed by atoms with Crippen LogP contribution in [0.15, 0.2) is 58.8 Å². The highest BCUT2D eigenvalue weighted by Gasteiger charge is 2.23. The topological polar surface area (TPSA) is 56.2 Å². The number of fused-ring (bicyclic) bond motifs is 2. The molecule has 0 atom stereocenters. The molecule has 0 aliphatic carbocycles. The summed E-state index contributed by atoms with van der Waals surface area (Å²) in [5.41, 5.74) is 2.14. The molecule has 5 aromatic rings. The van der Waals surface area contributed by atoms with E-state index in [1.807, 2.05) is 47.5 Å². The number of benzene rings is 2. The lowest BCUT2D eigenvalue weighted by molar-refractivity contribution is 0.146. The summed E-state index contributed by atoms with van der Waals surface area (Å²) in [7, 11) is 3.47. The van der Waals surface area contributed by atoms with Crippen molar-refractivity contribution >= 4 is 32.3 Å². The van der Waals surface area contributed by atoms with Gasteiger partial charge in [-0.3, -0.25) is 4.79 Å². The van der Waals surface area contributed by atoms with Crippen LogP contribution >= 0.6 is 11.3 Å². The summed E-state index contributed by atoms with van der Waals surface area (Å²) in [6.07, 6.45) is 1.98. The van der Waals surface area contributed by atoms with Crippen molar-refractivity contribution in [2.75, 3.05) is 20.3 Å². The number of pyridine rings is 1. The molecule has 8 heteroatoms. The van der Waals surface area contributed by atoms with Gasteiger partial charge in [-0.2, -0.15) is 0 Å². The summed E-state index contributed by atoms with van der Waals surface area (Å²) in [6.45, 7) is 0.328. The number of ether oxygens (including phenoxy) is 2. The fourth-order valence-electron chi connectivity index (χ4n) is 4.08. The van der Waals surface area contributed by atoms with Crippen LogP contribution in [0.1, 0.15) is 0 Å². The zero-order valence-corrected chi connectivity index (χ0v) is 18.8. The molecule has 5 nitrogen and oxygen atoms in total. The molecule has 33 heavy (non-hydrogen) atoms. The molecule has 5 rings (SSSR count). The summed E-state index contributed by atoms with van der Waals surface area (Å²) in [5.74, 6) is -1.69. The number of nitrogens with zero attached hydrogens (tertiary/aromatic N) is 1. The van der Waals surface area contributed by atoms with Crippen molar-refractivity contribution in [3.05, 3.63) is 76.0 Å². The zero-order valence-electron chi connectivity index (χ0n) is 17.9. The second-order valence-corrected chi connectivity index (χ2v) is 8.59. The van der Waals surface area contributed by atoms with E-state index in [-0.39, 0.29) is 30.1 Å². The van der Waals surface area contributed by atoms with Crippen LogP contribution in [0.25, 0.3) is 43.4 Å². The molecule has 0 radical (unpaired) electrons. The number of halogens is 2. The van der Waals surface area contributed by atoms with E-state index in [9.17, 15) is 9.18 Å². The SMILES string of the molecule is COCCOc1cc(F)cc(F)c1-c1c(=O)[nH]c(-c2ccc3c(ccn3C)c2)c2sccc12. The molecule has 0 aliphatic rings. The van der Waals surface area contributed by atoms with E-state index in [1.54, 1.807) is 6.07 Å². The molecule has 2 aromatic carbocycles. The maximum absolute atomic E-state index is 15.0. The monoisotopic (exact) mass is 466 g/mol. The fraction of sp³-hybridized carbons (Fsp3) is 0.160. The van der Waals surface area contributed by atoms with E-state index in [4.69, 9.17) is 9.47 Å². The first-order chi connectivity index (χ1) is 16.0. The summed E-state index contributed by atoms with van der Waals surface area (Å²) in [5, 5.41) is 3.47. The van der Waals surface area contributed by atoms with Gasteiger partial charge in [0.2, 0.25) is 0 Å². The van der Waals surface area contributed by atoms with Gasteiger partial charge in [-0.1, -0.05) is 6.07 Å². The molecular formula is C25H20F2N2O3S. The van der Waals surface area contributed by atoms with Crippen molar-refractivity contribution in [3.8, 4) is 28.1 Å². The van der Waals surface area contributed by atoms with Crippen LogP contribution in [0.4, 0.5) is 8.78 Å². The van der Waals surface area contributed by atoms with E-state index in [0.717, 1.165) is 33.3 Å². The summed E-state index contributed by atoms with van der Waals surface area (Å²) >= 11 is 1.44. The number of aromatic nitrogens is 2. The quantitative estimate of drug-likeness (QED) is 0.326. The number of aromatic amines is 1. The van der Waals surface area contributed by atoms with Gasteiger partial charge < -0.3 is 19.0 Å². The van der Waals surface area contributed by atoms with Gasteiger partial charge in [0.15, 0.2) is 0 Å². The summed E-state index contributed by atoms with van der Waals surface area (Å²) < 4.78 is 42.4. The molecule has 0 saturated carbocycles. The van der Waals surface area contributed by atoms with Crippen LogP contribution in [0, 0.1) is 11.6 Å². The Morgan fingerprint density at radius 3 is 2.73 bits per heavy atom. The van der Waals surface area contributed by atoms with Crippen molar-refractivity contribution in [2.24, 2.45) is 7.05 Å². The van der Waals surface area contributed by atoms with Crippen LogP contribution < -0.4 is 10.3 Å². The molecule has 0 unspecified atom stereocenters. The number of nitrogens with one attached hydrogen (secondary N) is 1. The zero-order chi connectivity index (χ0) is 23.1. The van der Waals surface area contributed by atoms with Gasteiger partial charge in [0, 0.05) is 54.3 Å². The summed E-state index contributed by atoms with van der Waals surface area (Å²) in [4.78, 5) is 16.3. The minimum absolute atomic E-state index is 0.0407. The highest BCUT2D eigenvalue weighted by Crippen LogP contribution is 2.40. The van der Waals surface area contributed by atoms with Crippen molar-refractivity contribution in [2.45, 2.75) is 0 Å². The molecule has 0 aliphatic heterocycles. The lowest BCUT2D eigenvalue weighted by Gasteiger charge is -2.14. The number of hydrogen-bond acceptors (Lipinski definition) is 4. The first kappa shape index (κ1) is 21.4. The standard InChI is InChI=1S/C25H20F2N2O3S/c1-29-7-5-14-11-15(3-4-19(14)29)23-24-17(6-10-33-24)21(25(30)28-23)22-18(27)12-16(26)13-20(22)32-9-8-31-2/h3-7,10-13H,8-9H2,1-2H3,(H,28,30). The van der Waals surface area contributed by atoms with Gasteiger partial charge in [-0.15, -0.1) is 11.3 Å². The van der Waals surface area contributed by atoms with E-state index >= 15 is 4.39 Å². The second kappa shape index (κ2) is 8.46. The summed E-state index contributed by atoms with van der Waals surface area (Å²) in [6, 6.07) is 11.6. The number of H-pyrrole nitrogens is 1. The molecule has 1 N–H and O–H groups in total. The maximum atomic E-state index is 15.0. The highest BCUT2D eigenvalue weighted by atomic mass is 32.1. The first-order valence-corrected chi connectivity index (χ1v) is 11.2. The Balaban J connectivity index is 1.72. The normalized spacial score (nSPS) is 11.5. The minimum Gasteiger partial charge on any atom is -0.490 e. The van der Waals surface area contributed by atoms with Crippen molar-refractivity contribution in [1.82, 2.24) is 9.55 Å². The van der Waals surface area contributed by atoms with Gasteiger partial charge in [0.05, 0.1) is 28.1 Å². The van der Waals surface area contributed by atoms with E-state index in [1.165, 1.54) is 18.4 Å². The van der Waals surface area contributed by atoms with Crippen molar-refractivity contribution < 1.29 is 18.3 Å². The molecule has 0 bridgehead atoms. The number of hydrogen-bond donors (Lipinski definition) is 1. The van der Waals surface area contributed by atoms with Gasteiger partial charge in [-0.25, -0.2) is 8.78 Å². The lowest BCUT2D eigenvalue weighted by Crippen LogP contribution is -2.13. The highest BCUT2D eigenvalue weighted by molar-refractivity contribution is 7.17. The van der Waals surface area contributed by atoms with E-state index in [0.29, 0.717) is 11.1 Å². The molecule has 0 saturated heterocycles. The van der Waals surface area contributed by atoms with Crippen LogP contribution in [-0.2, 0) is 11.8 Å². The molecule has 0 spiro atoms. The second-order valence-electron chi connectivity index (χ2n) is 7.67. The van der Waals surface area contributed by atoms with Crippen molar-refractivity contribution in [1.29, 1.82) is 0 Å². The average molecular weight is 467 g/mol. The predicted octanol–water partition coefficient (Wildman–Crippen LogP) is 5.72. The van der Waals surface area contributed by atoms with Crippen LogP contribution in [0.3, 0.4) is 0 Å². The molecule has 0 fully saturated rings. The Hall–Kier alpha value is -3.49. The van der Waals surface area contributed by atoms with Crippen LogP contribution in [-0.4, -0.2) is 29.9 Å². The minimum atomic E-state index is -0.862. The van der Waals surface area contributed by atoms with Crippen LogP contribution in [0.5, 0.6) is 5.75 Å². The fourth-order valence-corrected chi connectivity index (χ4v) is 5.01. The predicted molar refractivity (Wildman–Crippen MR) is 127 cm³/mol. The number of methoxy groups -OCH3 is 1. The smallest absolute Gasteiger partial charge is 0.257 e. The van der Waals surface area contributed by atoms with Gasteiger partial charge >= 0.3 is 0 Å². The Bertz CT molecular complexity index is 1550. The Kier molecular flexibility index (Phi) is 5.47. The van der Waals surface area contributed by atoms with Gasteiger partial charge in [0.25, 0.3) is 5.56 Å². The number of thiophene rings is 1. The Morgan fingerprint density at radius 2 is 1.91 bits per heavy atom. The lowest BCUT2D eigenvalue weighted by atomic mass is 9.99. The third-order valence-corrected chi connectivity index (χ3v) is 6.55. The third kappa shape index (κ3) is 3.71. The first-order valence-electron chi connectivity index (χ1n) is 10.3. The molecule has 0 amide bonds. The molecule has 168 valence electrons. The average Bonchev–Trinajstić information content (AvgIpc) is 3.41. The molecule has 3 heterocycles. The van der Waals surface area contributed by atoms with Gasteiger partial charge in [-0.05, 0) is 29.6 Å². The van der Waals surface area contributed by atoms with E-state index in [2.05, 4.69) is 4.98 Å². The van der Waals surface area contributed by atoms with E-state index < -0.39 is 17.2 Å².